The highest BCUT2D eigenvalue weighted by Gasteiger charge is 2.29. The lowest BCUT2D eigenvalue weighted by molar-refractivity contribution is 0.0497. The van der Waals surface area contributed by atoms with Gasteiger partial charge in [-0.05, 0) is 50.8 Å². The Kier molecular flexibility index (Phi) is 3.49. The number of H-pyrrole nitrogens is 1. The van der Waals surface area contributed by atoms with Crippen LogP contribution in [0, 0.1) is 6.92 Å². The van der Waals surface area contributed by atoms with E-state index < -0.39 is 0 Å². The lowest BCUT2D eigenvalue weighted by Crippen LogP contribution is -2.46. The van der Waals surface area contributed by atoms with Crippen molar-refractivity contribution in [1.82, 2.24) is 9.88 Å². The number of rotatable bonds is 3. The van der Waals surface area contributed by atoms with E-state index in [2.05, 4.69) is 28.9 Å². The van der Waals surface area contributed by atoms with Crippen LogP contribution in [0.4, 0.5) is 5.69 Å². The first-order chi connectivity index (χ1) is 10.7. The van der Waals surface area contributed by atoms with Crippen molar-refractivity contribution in [3.05, 3.63) is 23.9 Å². The highest BCUT2D eigenvalue weighted by molar-refractivity contribution is 5.86. The van der Waals surface area contributed by atoms with Gasteiger partial charge in [-0.15, -0.1) is 0 Å². The predicted molar refractivity (Wildman–Crippen MR) is 90.3 cm³/mol. The summed E-state index contributed by atoms with van der Waals surface area (Å²) in [5.74, 6) is 0.841. The van der Waals surface area contributed by atoms with Crippen molar-refractivity contribution in [2.75, 3.05) is 18.8 Å². The van der Waals surface area contributed by atoms with Gasteiger partial charge in [0.05, 0.1) is 5.69 Å². The molecule has 0 unspecified atom stereocenters. The normalized spacial score (nSPS) is 21.1. The van der Waals surface area contributed by atoms with Crippen LogP contribution in [0.1, 0.15) is 37.8 Å². The third kappa shape index (κ3) is 2.56. The Balaban J connectivity index is 1.43. The van der Waals surface area contributed by atoms with E-state index in [0.29, 0.717) is 6.10 Å². The van der Waals surface area contributed by atoms with Gasteiger partial charge in [-0.3, -0.25) is 0 Å². The molecule has 0 spiro atoms. The number of hydrogen-bond acceptors (Lipinski definition) is 3. The molecule has 1 aliphatic carbocycles. The molecule has 0 amide bonds. The Hall–Kier alpha value is -1.68. The van der Waals surface area contributed by atoms with Gasteiger partial charge in [0.2, 0.25) is 0 Å². The standard InChI is InChI=1S/C18H25N3O/c1-12-9-13-10-18(16(19)11-17(13)20-12)22-15-5-7-21(8-6-15)14-3-2-4-14/h9-11,14-15,20H,2-8,19H2,1H3. The van der Waals surface area contributed by atoms with Gasteiger partial charge >= 0.3 is 0 Å². The lowest BCUT2D eigenvalue weighted by atomic mass is 9.90. The number of nitrogens with two attached hydrogens (primary N) is 1. The number of ether oxygens (including phenoxy) is 1. The van der Waals surface area contributed by atoms with E-state index in [9.17, 15) is 0 Å². The van der Waals surface area contributed by atoms with Crippen molar-refractivity contribution < 1.29 is 4.74 Å². The molecule has 1 aromatic heterocycles. The maximum Gasteiger partial charge on any atom is 0.143 e. The molecule has 1 aliphatic heterocycles. The zero-order valence-corrected chi connectivity index (χ0v) is 13.3. The molecule has 2 aliphatic rings. The number of benzene rings is 1. The molecule has 2 fully saturated rings. The molecule has 0 radical (unpaired) electrons. The van der Waals surface area contributed by atoms with Crippen LogP contribution in [-0.2, 0) is 0 Å². The SMILES string of the molecule is Cc1cc2cc(OC3CCN(C4CCC4)CC3)c(N)cc2[nH]1. The number of likely N-dealkylation sites (tertiary alicyclic amines) is 1. The van der Waals surface area contributed by atoms with E-state index >= 15 is 0 Å². The summed E-state index contributed by atoms with van der Waals surface area (Å²) in [6, 6.07) is 7.05. The van der Waals surface area contributed by atoms with Gasteiger partial charge in [-0.25, -0.2) is 0 Å². The second kappa shape index (κ2) is 5.51. The number of nitrogens with one attached hydrogen (secondary N) is 1. The molecule has 3 N–H and O–H groups in total. The summed E-state index contributed by atoms with van der Waals surface area (Å²) in [5, 5.41) is 1.17. The largest absolute Gasteiger partial charge is 0.488 e. The van der Waals surface area contributed by atoms with E-state index in [0.717, 1.165) is 41.5 Å². The summed E-state index contributed by atoms with van der Waals surface area (Å²) in [7, 11) is 0. The zero-order valence-electron chi connectivity index (χ0n) is 13.3. The Morgan fingerprint density at radius 3 is 2.59 bits per heavy atom. The van der Waals surface area contributed by atoms with E-state index in [1.54, 1.807) is 0 Å². The van der Waals surface area contributed by atoms with E-state index in [1.165, 1.54) is 37.7 Å². The molecule has 2 heterocycles. The topological polar surface area (TPSA) is 54.3 Å². The maximum atomic E-state index is 6.22. The highest BCUT2D eigenvalue weighted by atomic mass is 16.5. The molecule has 118 valence electrons. The molecule has 1 saturated heterocycles. The fourth-order valence-corrected chi connectivity index (χ4v) is 3.71. The summed E-state index contributed by atoms with van der Waals surface area (Å²) in [6.45, 7) is 4.40. The highest BCUT2D eigenvalue weighted by Crippen LogP contribution is 2.32. The summed E-state index contributed by atoms with van der Waals surface area (Å²) in [6.07, 6.45) is 6.72. The van der Waals surface area contributed by atoms with Crippen LogP contribution < -0.4 is 10.5 Å². The average molecular weight is 299 g/mol. The Morgan fingerprint density at radius 2 is 1.91 bits per heavy atom. The molecule has 4 rings (SSSR count). The van der Waals surface area contributed by atoms with Crippen LogP contribution in [0.2, 0.25) is 0 Å². The van der Waals surface area contributed by atoms with Gasteiger partial charge < -0.3 is 20.4 Å². The minimum atomic E-state index is 0.302. The van der Waals surface area contributed by atoms with Crippen molar-refractivity contribution in [1.29, 1.82) is 0 Å². The third-order valence-corrected chi connectivity index (χ3v) is 5.25. The predicted octanol–water partition coefficient (Wildman–Crippen LogP) is 3.45. The van der Waals surface area contributed by atoms with Gasteiger partial charge in [0.15, 0.2) is 0 Å². The average Bonchev–Trinajstić information content (AvgIpc) is 2.78. The van der Waals surface area contributed by atoms with Crippen molar-refractivity contribution in [2.24, 2.45) is 0 Å². The Morgan fingerprint density at radius 1 is 1.14 bits per heavy atom. The summed E-state index contributed by atoms with van der Waals surface area (Å²) in [4.78, 5) is 5.96. The van der Waals surface area contributed by atoms with Crippen molar-refractivity contribution in [3.8, 4) is 5.75 Å². The Bertz CT molecular complexity index is 666. The number of nitrogens with zero attached hydrogens (tertiary/aromatic N) is 1. The molecule has 1 aromatic carbocycles. The van der Waals surface area contributed by atoms with Crippen LogP contribution >= 0.6 is 0 Å². The fourth-order valence-electron chi connectivity index (χ4n) is 3.71. The first kappa shape index (κ1) is 13.9. The number of aromatic amines is 1. The van der Waals surface area contributed by atoms with Crippen molar-refractivity contribution in [2.45, 2.75) is 51.2 Å². The number of aromatic nitrogens is 1. The van der Waals surface area contributed by atoms with Gasteiger partial charge in [0, 0.05) is 35.7 Å². The summed E-state index contributed by atoms with van der Waals surface area (Å²) < 4.78 is 6.22. The second-order valence-corrected chi connectivity index (χ2v) is 6.87. The maximum absolute atomic E-state index is 6.22. The number of fused-ring (bicyclic) bond motifs is 1. The monoisotopic (exact) mass is 299 g/mol. The fraction of sp³-hybridized carbons (Fsp3) is 0.556. The number of piperidine rings is 1. The Labute approximate surface area is 131 Å². The summed E-state index contributed by atoms with van der Waals surface area (Å²) >= 11 is 0. The van der Waals surface area contributed by atoms with Crippen LogP contribution in [0.3, 0.4) is 0 Å². The van der Waals surface area contributed by atoms with Crippen molar-refractivity contribution >= 4 is 16.6 Å². The number of anilines is 1. The first-order valence-electron chi connectivity index (χ1n) is 8.48. The van der Waals surface area contributed by atoms with E-state index in [4.69, 9.17) is 10.5 Å². The zero-order chi connectivity index (χ0) is 15.1. The van der Waals surface area contributed by atoms with E-state index in [-0.39, 0.29) is 0 Å². The minimum Gasteiger partial charge on any atom is -0.488 e. The van der Waals surface area contributed by atoms with Gasteiger partial charge in [0.1, 0.15) is 11.9 Å². The molecule has 0 bridgehead atoms. The van der Waals surface area contributed by atoms with Crippen LogP contribution in [-0.4, -0.2) is 35.1 Å². The number of aryl methyl sites for hydroxylation is 1. The molecule has 0 atom stereocenters. The minimum absolute atomic E-state index is 0.302. The molecular formula is C18H25N3O. The molecule has 1 saturated carbocycles. The number of hydrogen-bond donors (Lipinski definition) is 2. The van der Waals surface area contributed by atoms with Crippen molar-refractivity contribution in [3.63, 3.8) is 0 Å². The molecule has 2 aromatic rings. The van der Waals surface area contributed by atoms with Crippen LogP contribution in [0.25, 0.3) is 10.9 Å². The van der Waals surface area contributed by atoms with Gasteiger partial charge in [0.25, 0.3) is 0 Å². The summed E-state index contributed by atoms with van der Waals surface area (Å²) in [5.41, 5.74) is 9.13. The molecule has 4 heteroatoms. The lowest BCUT2D eigenvalue weighted by Gasteiger charge is -2.41. The molecular weight excluding hydrogens is 274 g/mol. The first-order valence-corrected chi connectivity index (χ1v) is 8.48. The van der Waals surface area contributed by atoms with Crippen LogP contribution in [0.15, 0.2) is 18.2 Å². The second-order valence-electron chi connectivity index (χ2n) is 6.87. The third-order valence-electron chi connectivity index (χ3n) is 5.25. The van der Waals surface area contributed by atoms with E-state index in [1.807, 2.05) is 6.07 Å². The van der Waals surface area contributed by atoms with Gasteiger partial charge in [-0.1, -0.05) is 6.42 Å². The quantitative estimate of drug-likeness (QED) is 0.853. The van der Waals surface area contributed by atoms with Gasteiger partial charge in [-0.2, -0.15) is 0 Å². The molecule has 4 nitrogen and oxygen atoms in total. The smallest absolute Gasteiger partial charge is 0.143 e. The molecule has 22 heavy (non-hydrogen) atoms. The van der Waals surface area contributed by atoms with Crippen LogP contribution in [0.5, 0.6) is 5.75 Å². The number of nitrogen functional groups attached to an aromatic ring is 1.